The van der Waals surface area contributed by atoms with E-state index in [1.54, 1.807) is 61.7 Å². The second-order valence-corrected chi connectivity index (χ2v) is 9.26. The molecule has 2 N–H and O–H groups in total. The third kappa shape index (κ3) is 4.03. The lowest BCUT2D eigenvalue weighted by Crippen LogP contribution is -2.29. The lowest BCUT2D eigenvalue weighted by molar-refractivity contribution is -0.132. The topological polar surface area (TPSA) is 87.1 Å². The largest absolute Gasteiger partial charge is 0.508 e. The number of ether oxygens (including phenoxy) is 1. The van der Waals surface area contributed by atoms with Gasteiger partial charge < -0.3 is 14.9 Å². The van der Waals surface area contributed by atoms with Gasteiger partial charge in [-0.2, -0.15) is 0 Å². The molecule has 0 aromatic heterocycles. The molecular formula is C28H27NO5. The molecule has 0 spiro atoms. The number of aliphatic hydroxyl groups is 1. The van der Waals surface area contributed by atoms with Gasteiger partial charge in [0.05, 0.1) is 18.7 Å². The minimum atomic E-state index is -0.858. The minimum absolute atomic E-state index is 0.00966. The summed E-state index contributed by atoms with van der Waals surface area (Å²) in [4.78, 5) is 27.9. The Morgan fingerprint density at radius 3 is 2.18 bits per heavy atom. The number of ketones is 1. The Labute approximate surface area is 198 Å². The van der Waals surface area contributed by atoms with Gasteiger partial charge in [-0.25, -0.2) is 0 Å². The zero-order chi connectivity index (χ0) is 24.6. The number of Topliss-reactive ketones (excluding diaryl/α,β-unsaturated/α-hetero) is 1. The molecule has 1 saturated heterocycles. The summed E-state index contributed by atoms with van der Waals surface area (Å²) in [6.07, 6.45) is 0. The first-order valence-corrected chi connectivity index (χ1v) is 11.0. The molecular weight excluding hydrogens is 430 g/mol. The highest BCUT2D eigenvalue weighted by molar-refractivity contribution is 6.51. The Morgan fingerprint density at radius 1 is 0.941 bits per heavy atom. The zero-order valence-electron chi connectivity index (χ0n) is 19.6. The molecule has 3 aromatic rings. The Hall–Kier alpha value is -4.06. The van der Waals surface area contributed by atoms with Crippen molar-refractivity contribution in [1.82, 2.24) is 0 Å². The van der Waals surface area contributed by atoms with Gasteiger partial charge in [-0.05, 0) is 53.4 Å². The normalized spacial score (nSPS) is 17.8. The highest BCUT2D eigenvalue weighted by Gasteiger charge is 2.47. The van der Waals surface area contributed by atoms with Gasteiger partial charge in [0.1, 0.15) is 17.3 Å². The maximum absolute atomic E-state index is 13.3. The van der Waals surface area contributed by atoms with Crippen LogP contribution in [-0.2, 0) is 15.0 Å². The number of aromatic hydroxyl groups is 1. The van der Waals surface area contributed by atoms with Gasteiger partial charge >= 0.3 is 0 Å². The van der Waals surface area contributed by atoms with Crippen molar-refractivity contribution < 1.29 is 24.5 Å². The zero-order valence-corrected chi connectivity index (χ0v) is 19.6. The summed E-state index contributed by atoms with van der Waals surface area (Å²) in [5.74, 6) is -1.03. The molecule has 34 heavy (non-hydrogen) atoms. The van der Waals surface area contributed by atoms with Crippen LogP contribution in [0.2, 0.25) is 0 Å². The standard InChI is InChI=1S/C28H27NO5/c1-28(2,3)21-16-18(12-15-22(21)34-4)25(31)23-24(17-10-13-20(30)14-11-17)29(27(33)26(23)32)19-8-6-5-7-9-19/h5-16,24,30-31H,1-4H3/b25-23-. The molecule has 1 amide bonds. The van der Waals surface area contributed by atoms with Crippen molar-refractivity contribution in [2.45, 2.75) is 32.2 Å². The average Bonchev–Trinajstić information content (AvgIpc) is 3.09. The summed E-state index contributed by atoms with van der Waals surface area (Å²) >= 11 is 0. The third-order valence-corrected chi connectivity index (χ3v) is 5.97. The van der Waals surface area contributed by atoms with Crippen LogP contribution in [0.15, 0.2) is 78.4 Å². The van der Waals surface area contributed by atoms with E-state index in [1.807, 2.05) is 26.8 Å². The molecule has 6 heteroatoms. The quantitative estimate of drug-likeness (QED) is 0.314. The number of phenols is 1. The van der Waals surface area contributed by atoms with Crippen LogP contribution in [0.1, 0.15) is 43.5 Å². The first-order chi connectivity index (χ1) is 16.1. The Kier molecular flexibility index (Phi) is 5.92. The lowest BCUT2D eigenvalue weighted by Gasteiger charge is -2.26. The number of para-hydroxylation sites is 1. The molecule has 6 nitrogen and oxygen atoms in total. The van der Waals surface area contributed by atoms with Gasteiger partial charge in [0, 0.05) is 16.8 Å². The van der Waals surface area contributed by atoms with Gasteiger partial charge in [0.15, 0.2) is 0 Å². The predicted molar refractivity (Wildman–Crippen MR) is 131 cm³/mol. The fourth-order valence-electron chi connectivity index (χ4n) is 4.26. The summed E-state index contributed by atoms with van der Waals surface area (Å²) < 4.78 is 5.50. The molecule has 4 rings (SSSR count). The van der Waals surface area contributed by atoms with Crippen molar-refractivity contribution in [2.75, 3.05) is 12.0 Å². The van der Waals surface area contributed by atoms with Gasteiger partial charge in [-0.1, -0.05) is 51.1 Å². The molecule has 0 bridgehead atoms. The van der Waals surface area contributed by atoms with Crippen molar-refractivity contribution in [1.29, 1.82) is 0 Å². The molecule has 1 heterocycles. The van der Waals surface area contributed by atoms with Crippen molar-refractivity contribution in [2.24, 2.45) is 0 Å². The fourth-order valence-corrected chi connectivity index (χ4v) is 4.26. The highest BCUT2D eigenvalue weighted by Crippen LogP contribution is 2.43. The number of carbonyl (C=O) groups excluding carboxylic acids is 2. The summed E-state index contributed by atoms with van der Waals surface area (Å²) in [7, 11) is 1.58. The lowest BCUT2D eigenvalue weighted by atomic mass is 9.84. The molecule has 0 aliphatic carbocycles. The number of rotatable bonds is 4. The van der Waals surface area contributed by atoms with E-state index in [4.69, 9.17) is 4.74 Å². The summed E-state index contributed by atoms with van der Waals surface area (Å²) in [5.41, 5.74) is 2.11. The molecule has 1 fully saturated rings. The van der Waals surface area contributed by atoms with Gasteiger partial charge in [-0.3, -0.25) is 14.5 Å². The molecule has 3 aromatic carbocycles. The number of methoxy groups -OCH3 is 1. The van der Waals surface area contributed by atoms with E-state index >= 15 is 0 Å². The monoisotopic (exact) mass is 457 g/mol. The second kappa shape index (κ2) is 8.71. The maximum Gasteiger partial charge on any atom is 0.300 e. The van der Waals surface area contributed by atoms with Crippen LogP contribution in [0.25, 0.3) is 5.76 Å². The molecule has 174 valence electrons. The fraction of sp³-hybridized carbons (Fsp3) is 0.214. The molecule has 0 radical (unpaired) electrons. The van der Waals surface area contributed by atoms with Crippen molar-refractivity contribution in [3.8, 4) is 11.5 Å². The molecule has 1 atom stereocenters. The predicted octanol–water partition coefficient (Wildman–Crippen LogP) is 5.32. The van der Waals surface area contributed by atoms with Crippen molar-refractivity contribution in [3.05, 3.63) is 95.1 Å². The minimum Gasteiger partial charge on any atom is -0.508 e. The second-order valence-electron chi connectivity index (χ2n) is 9.26. The number of carbonyl (C=O) groups is 2. The van der Waals surface area contributed by atoms with E-state index in [2.05, 4.69) is 0 Å². The Bertz CT molecular complexity index is 1270. The highest BCUT2D eigenvalue weighted by atomic mass is 16.5. The van der Waals surface area contributed by atoms with Gasteiger partial charge in [0.25, 0.3) is 11.7 Å². The number of benzene rings is 3. The Morgan fingerprint density at radius 2 is 1.59 bits per heavy atom. The smallest absolute Gasteiger partial charge is 0.300 e. The van der Waals surface area contributed by atoms with Crippen LogP contribution in [0.4, 0.5) is 5.69 Å². The van der Waals surface area contributed by atoms with Gasteiger partial charge in [-0.15, -0.1) is 0 Å². The van der Waals surface area contributed by atoms with E-state index in [1.165, 1.54) is 17.0 Å². The van der Waals surface area contributed by atoms with Crippen molar-refractivity contribution in [3.63, 3.8) is 0 Å². The van der Waals surface area contributed by atoms with E-state index in [9.17, 15) is 19.8 Å². The van der Waals surface area contributed by atoms with Crippen LogP contribution in [0.3, 0.4) is 0 Å². The first kappa shape index (κ1) is 23.1. The van der Waals surface area contributed by atoms with Crippen LogP contribution < -0.4 is 9.64 Å². The van der Waals surface area contributed by atoms with Crippen molar-refractivity contribution >= 4 is 23.1 Å². The van der Waals surface area contributed by atoms with Crippen LogP contribution >= 0.6 is 0 Å². The number of nitrogens with zero attached hydrogens (tertiary/aromatic N) is 1. The van der Waals surface area contributed by atoms with Crippen LogP contribution in [-0.4, -0.2) is 29.0 Å². The number of hydrogen-bond acceptors (Lipinski definition) is 5. The Balaban J connectivity index is 1.95. The first-order valence-electron chi connectivity index (χ1n) is 11.0. The number of aliphatic hydroxyl groups excluding tert-OH is 1. The van der Waals surface area contributed by atoms with E-state index < -0.39 is 17.7 Å². The third-order valence-electron chi connectivity index (χ3n) is 5.97. The molecule has 1 aliphatic rings. The number of phenolic OH excluding ortho intramolecular Hbond substituents is 1. The maximum atomic E-state index is 13.3. The summed E-state index contributed by atoms with van der Waals surface area (Å²) in [5, 5.41) is 21.2. The number of hydrogen-bond donors (Lipinski definition) is 2. The van der Waals surface area contributed by atoms with Crippen LogP contribution in [0.5, 0.6) is 11.5 Å². The summed E-state index contributed by atoms with van der Waals surface area (Å²) in [6, 6.07) is 19.5. The summed E-state index contributed by atoms with van der Waals surface area (Å²) in [6.45, 7) is 6.08. The van der Waals surface area contributed by atoms with Crippen LogP contribution in [0, 0.1) is 0 Å². The molecule has 1 aliphatic heterocycles. The van der Waals surface area contributed by atoms with Gasteiger partial charge in [0.2, 0.25) is 0 Å². The van der Waals surface area contributed by atoms with E-state index in [0.717, 1.165) is 5.56 Å². The SMILES string of the molecule is COc1ccc(/C(O)=C2/C(=O)C(=O)N(c3ccccc3)C2c2ccc(O)cc2)cc1C(C)(C)C. The number of amides is 1. The average molecular weight is 458 g/mol. The molecule has 0 saturated carbocycles. The molecule has 1 unspecified atom stereocenters. The number of anilines is 1. The van der Waals surface area contributed by atoms with E-state index in [0.29, 0.717) is 22.6 Å². The van der Waals surface area contributed by atoms with E-state index in [-0.39, 0.29) is 22.5 Å².